The fourth-order valence-corrected chi connectivity index (χ4v) is 3.93. The van der Waals surface area contributed by atoms with Crippen LogP contribution in [0.2, 0.25) is 0 Å². The van der Waals surface area contributed by atoms with Crippen molar-refractivity contribution < 1.29 is 31.1 Å². The van der Waals surface area contributed by atoms with Gasteiger partial charge in [-0.1, -0.05) is 44.1 Å². The molecule has 0 aliphatic carbocycles. The minimum atomic E-state index is -4.74. The molecule has 0 saturated carbocycles. The first kappa shape index (κ1) is 26.7. The molecule has 7 nitrogen and oxygen atoms in total. The Bertz CT molecular complexity index is 1010. The average Bonchev–Trinajstić information content (AvgIpc) is 3.31. The summed E-state index contributed by atoms with van der Waals surface area (Å²) in [5.41, 5.74) is 2.57. The molecule has 0 bridgehead atoms. The zero-order chi connectivity index (χ0) is 24.4. The maximum Gasteiger partial charge on any atom is 0.446 e. The van der Waals surface area contributed by atoms with Gasteiger partial charge in [-0.25, -0.2) is 4.79 Å². The lowest BCUT2D eigenvalue weighted by Crippen LogP contribution is -2.05. The molecule has 0 spiro atoms. The minimum absolute atomic E-state index is 0.00987. The summed E-state index contributed by atoms with van der Waals surface area (Å²) in [6, 6.07) is 1.99. The summed E-state index contributed by atoms with van der Waals surface area (Å²) in [7, 11) is -4.74. The summed E-state index contributed by atoms with van der Waals surface area (Å²) >= 11 is 0. The van der Waals surface area contributed by atoms with Gasteiger partial charge in [0.25, 0.3) is 0 Å². The lowest BCUT2D eigenvalue weighted by molar-refractivity contribution is -0.133. The van der Waals surface area contributed by atoms with Crippen molar-refractivity contribution in [1.82, 2.24) is 0 Å². The molecular formula is C25H34O7S. The second-order valence-corrected chi connectivity index (χ2v) is 9.65. The zero-order valence-electron chi connectivity index (χ0n) is 19.7. The highest BCUT2D eigenvalue weighted by molar-refractivity contribution is 7.81. The van der Waals surface area contributed by atoms with Crippen molar-refractivity contribution in [1.29, 1.82) is 0 Å². The molecule has 8 heteroatoms. The number of aryl methyl sites for hydroxylation is 1. The highest BCUT2D eigenvalue weighted by Crippen LogP contribution is 2.30. The van der Waals surface area contributed by atoms with Gasteiger partial charge >= 0.3 is 16.4 Å². The minimum Gasteiger partial charge on any atom is -0.472 e. The van der Waals surface area contributed by atoms with Crippen LogP contribution in [-0.2, 0) is 30.5 Å². The van der Waals surface area contributed by atoms with Crippen LogP contribution in [0.25, 0.3) is 0 Å². The second-order valence-electron chi connectivity index (χ2n) is 8.62. The van der Waals surface area contributed by atoms with E-state index in [1.54, 1.807) is 18.6 Å². The predicted molar refractivity (Wildman–Crippen MR) is 126 cm³/mol. The molecule has 0 aromatic carbocycles. The Balaban J connectivity index is 1.73. The first-order chi connectivity index (χ1) is 15.5. The molecule has 1 aromatic rings. The van der Waals surface area contributed by atoms with E-state index in [1.165, 1.54) is 18.1 Å². The van der Waals surface area contributed by atoms with Crippen LogP contribution >= 0.6 is 0 Å². The Morgan fingerprint density at radius 2 is 1.97 bits per heavy atom. The van der Waals surface area contributed by atoms with E-state index in [0.29, 0.717) is 5.92 Å². The van der Waals surface area contributed by atoms with Crippen molar-refractivity contribution in [2.24, 2.45) is 11.8 Å². The highest BCUT2D eigenvalue weighted by atomic mass is 32.3. The third-order valence-electron chi connectivity index (χ3n) is 5.43. The van der Waals surface area contributed by atoms with E-state index in [4.69, 9.17) is 13.7 Å². The normalized spacial score (nSPS) is 18.3. The summed E-state index contributed by atoms with van der Waals surface area (Å²) in [4.78, 5) is 11.7. The topological polar surface area (TPSA) is 103 Å². The zero-order valence-corrected chi connectivity index (χ0v) is 20.6. The molecule has 2 unspecified atom stereocenters. The smallest absolute Gasteiger partial charge is 0.446 e. The highest BCUT2D eigenvalue weighted by Gasteiger charge is 2.31. The van der Waals surface area contributed by atoms with Crippen LogP contribution in [-0.4, -0.2) is 18.9 Å². The van der Waals surface area contributed by atoms with Crippen LogP contribution in [0.3, 0.4) is 0 Å². The Morgan fingerprint density at radius 1 is 1.24 bits per heavy atom. The van der Waals surface area contributed by atoms with E-state index in [2.05, 4.69) is 36.3 Å². The molecule has 1 N–H and O–H groups in total. The van der Waals surface area contributed by atoms with Crippen LogP contribution in [0, 0.1) is 11.8 Å². The van der Waals surface area contributed by atoms with Crippen LogP contribution < -0.4 is 0 Å². The fraction of sp³-hybridized carbons (Fsp3) is 0.480. The largest absolute Gasteiger partial charge is 0.472 e. The molecule has 182 valence electrons. The number of carbonyl (C=O) groups excluding carboxylic acids is 1. The number of rotatable bonds is 13. The molecule has 33 heavy (non-hydrogen) atoms. The van der Waals surface area contributed by atoms with Gasteiger partial charge in [0.2, 0.25) is 0 Å². The van der Waals surface area contributed by atoms with Gasteiger partial charge in [0.05, 0.1) is 18.1 Å². The Morgan fingerprint density at radius 3 is 2.64 bits per heavy atom. The summed E-state index contributed by atoms with van der Waals surface area (Å²) in [6.45, 7) is 7.67. The molecular weight excluding hydrogens is 444 g/mol. The van der Waals surface area contributed by atoms with Gasteiger partial charge in [-0.15, -0.1) is 0 Å². The van der Waals surface area contributed by atoms with E-state index in [-0.39, 0.29) is 23.0 Å². The first-order valence-corrected chi connectivity index (χ1v) is 12.6. The molecule has 1 aliphatic rings. The van der Waals surface area contributed by atoms with Crippen molar-refractivity contribution in [2.75, 3.05) is 0 Å². The maximum absolute atomic E-state index is 11.7. The van der Waals surface area contributed by atoms with Gasteiger partial charge in [-0.2, -0.15) is 8.42 Å². The van der Waals surface area contributed by atoms with E-state index < -0.39 is 16.4 Å². The van der Waals surface area contributed by atoms with Crippen molar-refractivity contribution in [3.63, 3.8) is 0 Å². The van der Waals surface area contributed by atoms with E-state index in [1.807, 2.05) is 13.0 Å². The average molecular weight is 479 g/mol. The number of furan rings is 1. The van der Waals surface area contributed by atoms with Gasteiger partial charge in [0.15, 0.2) is 11.5 Å². The molecule has 1 aromatic heterocycles. The molecule has 1 aliphatic heterocycles. The third-order valence-corrected chi connectivity index (χ3v) is 5.80. The number of allylic oxidation sites excluding steroid dienone is 5. The molecule has 0 amide bonds. The quantitative estimate of drug-likeness (QED) is 0.208. The van der Waals surface area contributed by atoms with Gasteiger partial charge < -0.3 is 13.3 Å². The van der Waals surface area contributed by atoms with Gasteiger partial charge in [-0.3, -0.25) is 4.55 Å². The summed E-state index contributed by atoms with van der Waals surface area (Å²) in [5, 5.41) is 0. The van der Waals surface area contributed by atoms with Crippen LogP contribution in [0.4, 0.5) is 0 Å². The van der Waals surface area contributed by atoms with Gasteiger partial charge in [0, 0.05) is 0 Å². The van der Waals surface area contributed by atoms with Crippen molar-refractivity contribution in [2.45, 2.75) is 66.2 Å². The summed E-state index contributed by atoms with van der Waals surface area (Å²) < 4.78 is 45.7. The number of carbonyl (C=O) groups is 1. The first-order valence-electron chi connectivity index (χ1n) is 11.2. The van der Waals surface area contributed by atoms with E-state index in [9.17, 15) is 13.2 Å². The maximum atomic E-state index is 11.7. The SMILES string of the molecule is CC(=CCCc1ccoc1)CC=CC(C)CCCC(C)C=C1OC(=O)C(C)=C1OS(=O)(=O)O. The lowest BCUT2D eigenvalue weighted by Gasteiger charge is -2.11. The standard InChI is InChI=1S/C25H34O7S/c1-18(8-5-9-19(2)11-7-13-22-14-15-30-17-22)10-6-12-20(3)16-23-24(32-33(27,28)29)21(4)25(26)31-23/h5,8,11,14-18,20H,6-7,9-10,12-13H2,1-4H3,(H,27,28,29). The fourth-order valence-electron chi connectivity index (χ4n) is 3.51. The molecule has 0 saturated heterocycles. The van der Waals surface area contributed by atoms with Crippen LogP contribution in [0.5, 0.6) is 0 Å². The lowest BCUT2D eigenvalue weighted by atomic mass is 9.97. The molecule has 0 radical (unpaired) electrons. The van der Waals surface area contributed by atoms with Crippen LogP contribution in [0.1, 0.15) is 65.4 Å². The monoisotopic (exact) mass is 478 g/mol. The number of esters is 1. The number of ether oxygens (including phenoxy) is 1. The molecule has 2 heterocycles. The third kappa shape index (κ3) is 9.84. The summed E-state index contributed by atoms with van der Waals surface area (Å²) in [6.07, 6.45) is 17.6. The van der Waals surface area contributed by atoms with Crippen molar-refractivity contribution in [3.05, 3.63) is 71.1 Å². The van der Waals surface area contributed by atoms with Crippen LogP contribution in [0.15, 0.2) is 70.0 Å². The molecule has 0 fully saturated rings. The Kier molecular flexibility index (Phi) is 10.2. The Hall–Kier alpha value is -2.58. The summed E-state index contributed by atoms with van der Waals surface area (Å²) in [5.74, 6) is -0.426. The molecule has 2 atom stereocenters. The second kappa shape index (κ2) is 12.6. The van der Waals surface area contributed by atoms with E-state index in [0.717, 1.165) is 38.5 Å². The predicted octanol–water partition coefficient (Wildman–Crippen LogP) is 6.08. The Labute approximate surface area is 196 Å². The molecule has 2 rings (SSSR count). The number of hydrogen-bond acceptors (Lipinski definition) is 6. The number of cyclic esters (lactones) is 1. The number of hydrogen-bond donors (Lipinski definition) is 1. The van der Waals surface area contributed by atoms with E-state index >= 15 is 0 Å². The van der Waals surface area contributed by atoms with Gasteiger partial charge in [-0.05, 0) is 75.5 Å². The van der Waals surface area contributed by atoms with Crippen molar-refractivity contribution >= 4 is 16.4 Å². The van der Waals surface area contributed by atoms with Gasteiger partial charge in [0.1, 0.15) is 0 Å². The van der Waals surface area contributed by atoms with Crippen molar-refractivity contribution in [3.8, 4) is 0 Å².